The quantitative estimate of drug-likeness (QED) is 0.793. The van der Waals surface area contributed by atoms with Crippen LogP contribution >= 0.6 is 0 Å². The van der Waals surface area contributed by atoms with Crippen LogP contribution in [-0.2, 0) is 0 Å². The van der Waals surface area contributed by atoms with Crippen molar-refractivity contribution in [2.24, 2.45) is 0 Å². The normalized spacial score (nSPS) is 10.4. The van der Waals surface area contributed by atoms with E-state index in [1.54, 1.807) is 0 Å². The monoisotopic (exact) mass is 204 g/mol. The van der Waals surface area contributed by atoms with E-state index in [1.165, 1.54) is 5.56 Å². The third kappa shape index (κ3) is 4.66. The Kier molecular flexibility index (Phi) is 4.37. The molecule has 0 aliphatic heterocycles. The Balaban J connectivity index is 2.41. The van der Waals surface area contributed by atoms with Crippen molar-refractivity contribution in [3.05, 3.63) is 42.1 Å². The van der Waals surface area contributed by atoms with E-state index in [0.717, 1.165) is 24.4 Å². The van der Waals surface area contributed by atoms with Crippen molar-refractivity contribution in [2.45, 2.75) is 13.3 Å². The van der Waals surface area contributed by atoms with E-state index in [0.29, 0.717) is 0 Å². The molecule has 0 unspecified atom stereocenters. The molecule has 0 heterocycles. The van der Waals surface area contributed by atoms with E-state index in [4.69, 9.17) is 0 Å². The predicted molar refractivity (Wildman–Crippen MR) is 67.1 cm³/mol. The predicted octanol–water partition coefficient (Wildman–Crippen LogP) is 2.87. The van der Waals surface area contributed by atoms with Crippen molar-refractivity contribution in [3.63, 3.8) is 0 Å². The third-order valence-corrected chi connectivity index (χ3v) is 2.23. The summed E-state index contributed by atoms with van der Waals surface area (Å²) in [6.45, 7) is 7.12. The molecule has 0 saturated carbocycles. The molecule has 1 aromatic carbocycles. The summed E-state index contributed by atoms with van der Waals surface area (Å²) in [5, 5.41) is 3.30. The van der Waals surface area contributed by atoms with E-state index < -0.39 is 0 Å². The van der Waals surface area contributed by atoms with Gasteiger partial charge in [0.1, 0.15) is 0 Å². The van der Waals surface area contributed by atoms with Gasteiger partial charge in [-0.3, -0.25) is 0 Å². The molecule has 1 N–H and O–H groups in total. The lowest BCUT2D eigenvalue weighted by molar-refractivity contribution is 0.413. The van der Waals surface area contributed by atoms with Crippen molar-refractivity contribution in [1.82, 2.24) is 4.90 Å². The molecule has 1 rings (SSSR count). The minimum absolute atomic E-state index is 0.973. The molecule has 0 bridgehead atoms. The summed E-state index contributed by atoms with van der Waals surface area (Å²) >= 11 is 0. The van der Waals surface area contributed by atoms with Crippen LogP contribution in [0.5, 0.6) is 0 Å². The molecule has 0 saturated heterocycles. The summed E-state index contributed by atoms with van der Waals surface area (Å²) in [5.74, 6) is 0. The molecule has 1 aromatic rings. The fourth-order valence-electron chi connectivity index (χ4n) is 1.26. The van der Waals surface area contributed by atoms with Gasteiger partial charge in [0.15, 0.2) is 0 Å². The maximum absolute atomic E-state index is 4.01. The van der Waals surface area contributed by atoms with Crippen LogP contribution in [0.2, 0.25) is 0 Å². The topological polar surface area (TPSA) is 15.3 Å². The Morgan fingerprint density at radius 1 is 1.27 bits per heavy atom. The van der Waals surface area contributed by atoms with Crippen LogP contribution in [0.15, 0.2) is 36.5 Å². The lowest BCUT2D eigenvalue weighted by Gasteiger charge is -2.13. The van der Waals surface area contributed by atoms with Crippen LogP contribution in [0.1, 0.15) is 12.0 Å². The summed E-state index contributed by atoms with van der Waals surface area (Å²) in [6, 6.07) is 8.36. The zero-order valence-corrected chi connectivity index (χ0v) is 9.88. The molecule has 82 valence electrons. The number of nitrogens with one attached hydrogen (secondary N) is 1. The molecule has 0 amide bonds. The van der Waals surface area contributed by atoms with Gasteiger partial charge in [0.25, 0.3) is 0 Å². The van der Waals surface area contributed by atoms with Gasteiger partial charge in [0.2, 0.25) is 0 Å². The average molecular weight is 204 g/mol. The average Bonchev–Trinajstić information content (AvgIpc) is 2.19. The van der Waals surface area contributed by atoms with Crippen LogP contribution in [0, 0.1) is 6.92 Å². The van der Waals surface area contributed by atoms with Crippen LogP contribution in [0.3, 0.4) is 0 Å². The van der Waals surface area contributed by atoms with Crippen molar-refractivity contribution in [1.29, 1.82) is 0 Å². The van der Waals surface area contributed by atoms with Crippen molar-refractivity contribution in [3.8, 4) is 0 Å². The first kappa shape index (κ1) is 11.8. The highest BCUT2D eigenvalue weighted by Gasteiger charge is 1.96. The van der Waals surface area contributed by atoms with Gasteiger partial charge >= 0.3 is 0 Å². The molecule has 0 spiro atoms. The van der Waals surface area contributed by atoms with E-state index in [-0.39, 0.29) is 0 Å². The number of rotatable bonds is 5. The zero-order valence-electron chi connectivity index (χ0n) is 9.88. The number of benzene rings is 1. The van der Waals surface area contributed by atoms with Crippen molar-refractivity contribution >= 4 is 5.69 Å². The molecular formula is C13H20N2. The molecule has 2 nitrogen and oxygen atoms in total. The Morgan fingerprint density at radius 3 is 2.40 bits per heavy atom. The Labute approximate surface area is 92.6 Å². The largest absolute Gasteiger partial charge is 0.359 e. The first-order valence-electron chi connectivity index (χ1n) is 5.24. The number of anilines is 1. The molecule has 0 radical (unpaired) electrons. The molecule has 0 aliphatic rings. The first-order valence-corrected chi connectivity index (χ1v) is 5.24. The standard InChI is InChI=1S/C13H20N2/c1-11-5-7-13(8-6-11)14-12(2)9-10-15(3)4/h5-8,14H,2,9-10H2,1,3-4H3. The maximum atomic E-state index is 4.01. The molecule has 0 atom stereocenters. The van der Waals surface area contributed by atoms with Crippen LogP contribution in [0.25, 0.3) is 0 Å². The summed E-state index contributed by atoms with van der Waals surface area (Å²) in [5.41, 5.74) is 3.45. The lowest BCUT2D eigenvalue weighted by Crippen LogP contribution is -2.15. The molecule has 15 heavy (non-hydrogen) atoms. The van der Waals surface area contributed by atoms with Crippen LogP contribution < -0.4 is 5.32 Å². The van der Waals surface area contributed by atoms with E-state index in [9.17, 15) is 0 Å². The second-order valence-corrected chi connectivity index (χ2v) is 4.15. The van der Waals surface area contributed by atoms with Gasteiger partial charge in [-0.05, 0) is 39.6 Å². The van der Waals surface area contributed by atoms with Gasteiger partial charge < -0.3 is 10.2 Å². The second kappa shape index (κ2) is 5.56. The minimum Gasteiger partial charge on any atom is -0.359 e. The van der Waals surface area contributed by atoms with Gasteiger partial charge in [-0.25, -0.2) is 0 Å². The van der Waals surface area contributed by atoms with Gasteiger partial charge in [-0.1, -0.05) is 24.3 Å². The number of aryl methyl sites for hydroxylation is 1. The van der Waals surface area contributed by atoms with Crippen molar-refractivity contribution < 1.29 is 0 Å². The highest BCUT2D eigenvalue weighted by atomic mass is 15.1. The number of hydrogen-bond donors (Lipinski definition) is 1. The highest BCUT2D eigenvalue weighted by molar-refractivity contribution is 5.48. The Morgan fingerprint density at radius 2 is 1.87 bits per heavy atom. The molecular weight excluding hydrogens is 184 g/mol. The van der Waals surface area contributed by atoms with Gasteiger partial charge in [-0.15, -0.1) is 0 Å². The van der Waals surface area contributed by atoms with E-state index in [1.807, 2.05) is 0 Å². The van der Waals surface area contributed by atoms with Crippen LogP contribution in [0.4, 0.5) is 5.69 Å². The van der Waals surface area contributed by atoms with E-state index >= 15 is 0 Å². The smallest absolute Gasteiger partial charge is 0.0381 e. The zero-order chi connectivity index (χ0) is 11.3. The molecule has 0 aromatic heterocycles. The fourth-order valence-corrected chi connectivity index (χ4v) is 1.26. The van der Waals surface area contributed by atoms with Crippen molar-refractivity contribution in [2.75, 3.05) is 26.0 Å². The minimum atomic E-state index is 0.973. The summed E-state index contributed by atoms with van der Waals surface area (Å²) < 4.78 is 0. The summed E-state index contributed by atoms with van der Waals surface area (Å²) in [7, 11) is 4.14. The summed E-state index contributed by atoms with van der Waals surface area (Å²) in [4.78, 5) is 2.15. The lowest BCUT2D eigenvalue weighted by atomic mass is 10.2. The fraction of sp³-hybridized carbons (Fsp3) is 0.385. The first-order chi connectivity index (χ1) is 7.08. The molecule has 0 fully saturated rings. The number of hydrogen-bond acceptors (Lipinski definition) is 2. The SMILES string of the molecule is C=C(CCN(C)C)Nc1ccc(C)cc1. The van der Waals surface area contributed by atoms with Gasteiger partial charge in [-0.2, -0.15) is 0 Å². The maximum Gasteiger partial charge on any atom is 0.0381 e. The Hall–Kier alpha value is -1.28. The highest BCUT2D eigenvalue weighted by Crippen LogP contribution is 2.12. The Bertz CT molecular complexity index is 312. The summed E-state index contributed by atoms with van der Waals surface area (Å²) in [6.07, 6.45) is 0.973. The molecule has 0 aliphatic carbocycles. The molecule has 2 heteroatoms. The number of nitrogens with zero attached hydrogens (tertiary/aromatic N) is 1. The second-order valence-electron chi connectivity index (χ2n) is 4.15. The van der Waals surface area contributed by atoms with Crippen LogP contribution in [-0.4, -0.2) is 25.5 Å². The van der Waals surface area contributed by atoms with Gasteiger partial charge in [0.05, 0.1) is 0 Å². The van der Waals surface area contributed by atoms with E-state index in [2.05, 4.69) is 62.1 Å². The third-order valence-electron chi connectivity index (χ3n) is 2.23. The van der Waals surface area contributed by atoms with Gasteiger partial charge in [0, 0.05) is 17.9 Å².